The van der Waals surface area contributed by atoms with Crippen molar-refractivity contribution in [2.45, 2.75) is 6.92 Å². The van der Waals surface area contributed by atoms with E-state index < -0.39 is 5.97 Å². The first kappa shape index (κ1) is 13.1. The summed E-state index contributed by atoms with van der Waals surface area (Å²) >= 11 is 5.82. The molecule has 0 fully saturated rings. The molecule has 1 aromatic carbocycles. The lowest BCUT2D eigenvalue weighted by Crippen LogP contribution is -2.01. The van der Waals surface area contributed by atoms with Gasteiger partial charge in [-0.05, 0) is 24.6 Å². The highest BCUT2D eigenvalue weighted by atomic mass is 35.5. The van der Waals surface area contributed by atoms with Gasteiger partial charge in [0.15, 0.2) is 0 Å². The fourth-order valence-corrected chi connectivity index (χ4v) is 1.34. The smallest absolute Gasteiger partial charge is 0.328 e. The molecule has 0 radical (unpaired) electrons. The van der Waals surface area contributed by atoms with Crippen molar-refractivity contribution >= 4 is 17.6 Å². The van der Waals surface area contributed by atoms with Gasteiger partial charge < -0.3 is 9.84 Å². The van der Waals surface area contributed by atoms with Gasteiger partial charge in [-0.2, -0.15) is 5.26 Å². The van der Waals surface area contributed by atoms with Gasteiger partial charge >= 0.3 is 5.97 Å². The van der Waals surface area contributed by atoms with Crippen LogP contribution < -0.4 is 4.74 Å². The predicted octanol–water partition coefficient (Wildman–Crippen LogP) is 2.62. The molecule has 1 N–H and O–H groups in total. The number of hydrogen-bond donors (Lipinski definition) is 1. The molecular weight excluding hydrogens is 242 g/mol. The molecule has 0 heterocycles. The maximum Gasteiger partial charge on any atom is 0.328 e. The van der Waals surface area contributed by atoms with Crippen LogP contribution in [0.25, 0.3) is 0 Å². The first-order valence-electron chi connectivity index (χ1n) is 4.75. The lowest BCUT2D eigenvalue weighted by Gasteiger charge is -2.06. The fraction of sp³-hybridized carbons (Fsp3) is 0.167. The van der Waals surface area contributed by atoms with Crippen molar-refractivity contribution in [3.8, 4) is 11.8 Å². The summed E-state index contributed by atoms with van der Waals surface area (Å²) in [5.41, 5.74) is 0.954. The second kappa shape index (κ2) is 5.92. The number of rotatable bonds is 4. The normalized spacial score (nSPS) is 10.8. The monoisotopic (exact) mass is 251 g/mol. The standard InChI is InChI=1S/C12H10ClNO3/c1-8(4-12(15)16)7-17-10-3-2-9(6-14)11(13)5-10/h2-5H,7H2,1H3,(H,15,16)/b8-4-. The number of hydrogen-bond acceptors (Lipinski definition) is 3. The van der Waals surface area contributed by atoms with Crippen LogP contribution >= 0.6 is 11.6 Å². The molecule has 0 unspecified atom stereocenters. The van der Waals surface area contributed by atoms with Crippen molar-refractivity contribution in [2.24, 2.45) is 0 Å². The van der Waals surface area contributed by atoms with E-state index in [1.165, 1.54) is 6.07 Å². The summed E-state index contributed by atoms with van der Waals surface area (Å²) in [5, 5.41) is 17.5. The van der Waals surface area contributed by atoms with E-state index in [4.69, 9.17) is 26.7 Å². The van der Waals surface area contributed by atoms with Crippen LogP contribution in [0, 0.1) is 11.3 Å². The van der Waals surface area contributed by atoms with Crippen molar-refractivity contribution in [3.63, 3.8) is 0 Å². The molecule has 5 heteroatoms. The molecule has 1 aromatic rings. The average Bonchev–Trinajstić information content (AvgIpc) is 2.25. The van der Waals surface area contributed by atoms with Crippen molar-refractivity contribution in [2.75, 3.05) is 6.61 Å². The van der Waals surface area contributed by atoms with Gasteiger partial charge in [0.1, 0.15) is 18.4 Å². The Bertz CT molecular complexity index is 503. The topological polar surface area (TPSA) is 70.3 Å². The number of carboxylic acids is 1. The van der Waals surface area contributed by atoms with Gasteiger partial charge in [-0.15, -0.1) is 0 Å². The number of nitriles is 1. The number of benzene rings is 1. The van der Waals surface area contributed by atoms with Gasteiger partial charge in [-0.25, -0.2) is 4.79 Å². The van der Waals surface area contributed by atoms with E-state index in [0.29, 0.717) is 21.9 Å². The summed E-state index contributed by atoms with van der Waals surface area (Å²) in [6, 6.07) is 6.62. The van der Waals surface area contributed by atoms with E-state index in [9.17, 15) is 4.79 Å². The molecule has 88 valence electrons. The minimum atomic E-state index is -1.01. The summed E-state index contributed by atoms with van der Waals surface area (Å²) in [6.07, 6.45) is 1.07. The Morgan fingerprint density at radius 1 is 1.65 bits per heavy atom. The summed E-state index contributed by atoms with van der Waals surface area (Å²) in [7, 11) is 0. The van der Waals surface area contributed by atoms with Crippen molar-refractivity contribution < 1.29 is 14.6 Å². The molecule has 0 bridgehead atoms. The third-order valence-electron chi connectivity index (χ3n) is 1.90. The number of nitrogens with zero attached hydrogens (tertiary/aromatic N) is 1. The SMILES string of the molecule is C/C(=C/C(=O)O)COc1ccc(C#N)c(Cl)c1. The fourth-order valence-electron chi connectivity index (χ4n) is 1.13. The first-order valence-corrected chi connectivity index (χ1v) is 5.13. The van der Waals surface area contributed by atoms with Crippen LogP contribution in [-0.4, -0.2) is 17.7 Å². The van der Waals surface area contributed by atoms with Crippen LogP contribution in [0.1, 0.15) is 12.5 Å². The van der Waals surface area contributed by atoms with E-state index >= 15 is 0 Å². The highest BCUT2D eigenvalue weighted by Crippen LogP contribution is 2.22. The highest BCUT2D eigenvalue weighted by Gasteiger charge is 2.02. The maximum absolute atomic E-state index is 10.4. The molecule has 0 aliphatic heterocycles. The lowest BCUT2D eigenvalue weighted by atomic mass is 10.2. The number of aliphatic carboxylic acids is 1. The quantitative estimate of drug-likeness (QED) is 0.835. The molecule has 0 atom stereocenters. The molecule has 0 aliphatic rings. The highest BCUT2D eigenvalue weighted by molar-refractivity contribution is 6.31. The second-order valence-corrected chi connectivity index (χ2v) is 3.78. The van der Waals surface area contributed by atoms with Crippen LogP contribution in [0.4, 0.5) is 0 Å². The van der Waals surface area contributed by atoms with Crippen molar-refractivity contribution in [1.29, 1.82) is 5.26 Å². The lowest BCUT2D eigenvalue weighted by molar-refractivity contribution is -0.131. The molecule has 0 amide bonds. The zero-order valence-corrected chi connectivity index (χ0v) is 9.86. The molecular formula is C12H10ClNO3. The molecule has 0 saturated carbocycles. The Kier molecular flexibility index (Phi) is 4.56. The van der Waals surface area contributed by atoms with E-state index in [2.05, 4.69) is 0 Å². The van der Waals surface area contributed by atoms with Gasteiger partial charge in [0.2, 0.25) is 0 Å². The predicted molar refractivity (Wildman–Crippen MR) is 63.1 cm³/mol. The van der Waals surface area contributed by atoms with E-state index in [1.807, 2.05) is 6.07 Å². The Morgan fingerprint density at radius 2 is 2.35 bits per heavy atom. The molecule has 4 nitrogen and oxygen atoms in total. The van der Waals surface area contributed by atoms with Gasteiger partial charge in [0, 0.05) is 12.1 Å². The Hall–Kier alpha value is -1.99. The molecule has 0 aromatic heterocycles. The van der Waals surface area contributed by atoms with Gasteiger partial charge in [-0.3, -0.25) is 0 Å². The van der Waals surface area contributed by atoms with Crippen LogP contribution in [0.15, 0.2) is 29.8 Å². The van der Waals surface area contributed by atoms with Crippen LogP contribution in [0.5, 0.6) is 5.75 Å². The number of halogens is 1. The van der Waals surface area contributed by atoms with E-state index in [0.717, 1.165) is 6.08 Å². The van der Waals surface area contributed by atoms with E-state index in [1.54, 1.807) is 19.1 Å². The van der Waals surface area contributed by atoms with Crippen LogP contribution in [0.3, 0.4) is 0 Å². The summed E-state index contributed by atoms with van der Waals surface area (Å²) in [6.45, 7) is 1.81. The molecule has 17 heavy (non-hydrogen) atoms. The van der Waals surface area contributed by atoms with Crippen LogP contribution in [0.2, 0.25) is 5.02 Å². The van der Waals surface area contributed by atoms with Gasteiger partial charge in [0.25, 0.3) is 0 Å². The molecule has 0 aliphatic carbocycles. The molecule has 0 saturated heterocycles. The van der Waals surface area contributed by atoms with E-state index in [-0.39, 0.29) is 6.61 Å². The first-order chi connectivity index (χ1) is 8.02. The number of ether oxygens (including phenoxy) is 1. The third kappa shape index (κ3) is 4.17. The Balaban J connectivity index is 2.68. The third-order valence-corrected chi connectivity index (χ3v) is 2.21. The maximum atomic E-state index is 10.4. The van der Waals surface area contributed by atoms with Crippen LogP contribution in [-0.2, 0) is 4.79 Å². The largest absolute Gasteiger partial charge is 0.489 e. The zero-order valence-electron chi connectivity index (χ0n) is 9.11. The van der Waals surface area contributed by atoms with Gasteiger partial charge in [-0.1, -0.05) is 11.6 Å². The second-order valence-electron chi connectivity index (χ2n) is 3.37. The summed E-state index contributed by atoms with van der Waals surface area (Å²) in [5.74, 6) is -0.518. The van der Waals surface area contributed by atoms with Crippen molar-refractivity contribution in [3.05, 3.63) is 40.4 Å². The minimum absolute atomic E-state index is 0.161. The molecule has 1 rings (SSSR count). The summed E-state index contributed by atoms with van der Waals surface area (Å²) in [4.78, 5) is 10.4. The zero-order chi connectivity index (χ0) is 12.8. The number of carboxylic acid groups (broad SMARTS) is 1. The van der Waals surface area contributed by atoms with Gasteiger partial charge in [0.05, 0.1) is 10.6 Å². The Morgan fingerprint density at radius 3 is 2.88 bits per heavy atom. The minimum Gasteiger partial charge on any atom is -0.489 e. The molecule has 0 spiro atoms. The average molecular weight is 252 g/mol. The number of carbonyl (C=O) groups is 1. The summed E-state index contributed by atoms with van der Waals surface area (Å²) < 4.78 is 5.32. The van der Waals surface area contributed by atoms with Crippen molar-refractivity contribution in [1.82, 2.24) is 0 Å². The Labute approximate surface area is 104 Å².